The van der Waals surface area contributed by atoms with Crippen molar-refractivity contribution in [1.82, 2.24) is 10.3 Å². The van der Waals surface area contributed by atoms with Gasteiger partial charge in [0.25, 0.3) is 5.91 Å². The van der Waals surface area contributed by atoms with Crippen molar-refractivity contribution in [3.63, 3.8) is 0 Å². The maximum Gasteiger partial charge on any atom is 0.251 e. The second-order valence-electron chi connectivity index (χ2n) is 5.45. The normalized spacial score (nSPS) is 12.7. The first-order valence-corrected chi connectivity index (χ1v) is 10.0. The van der Waals surface area contributed by atoms with Crippen molar-refractivity contribution in [2.45, 2.75) is 33.7 Å². The van der Waals surface area contributed by atoms with E-state index in [-0.39, 0.29) is 17.7 Å². The van der Waals surface area contributed by atoms with Crippen molar-refractivity contribution in [3.8, 4) is 0 Å². The lowest BCUT2D eigenvalue weighted by Crippen LogP contribution is -2.27. The van der Waals surface area contributed by atoms with E-state index in [0.717, 1.165) is 15.6 Å². The van der Waals surface area contributed by atoms with E-state index in [9.17, 15) is 13.2 Å². The third kappa shape index (κ3) is 4.55. The zero-order chi connectivity index (χ0) is 17.9. The summed E-state index contributed by atoms with van der Waals surface area (Å²) in [6, 6.07) is 6.14. The van der Waals surface area contributed by atoms with Crippen LogP contribution in [-0.2, 0) is 10.0 Å². The van der Waals surface area contributed by atoms with Crippen LogP contribution in [-0.4, -0.2) is 25.1 Å². The molecule has 0 saturated carbocycles. The van der Waals surface area contributed by atoms with E-state index in [1.165, 1.54) is 0 Å². The topological polar surface area (TPSA) is 88.2 Å². The predicted octanol–water partition coefficient (Wildman–Crippen LogP) is 3.01. The van der Waals surface area contributed by atoms with Gasteiger partial charge in [-0.1, -0.05) is 0 Å². The number of carbonyl (C=O) groups excluding carboxylic acids is 1. The Kier molecular flexibility index (Phi) is 5.61. The molecular weight excluding hydrogens is 346 g/mol. The Bertz CT molecular complexity index is 827. The fourth-order valence-electron chi connectivity index (χ4n) is 2.24. The Morgan fingerprint density at radius 1 is 1.25 bits per heavy atom. The SMILES string of the molecule is CCS(=O)(=O)Nc1ccc(C(=O)N[C@H](C)c2nc(C)sc2C)cc1. The molecular formula is C16H21N3O3S2. The largest absolute Gasteiger partial charge is 0.344 e. The van der Waals surface area contributed by atoms with Crippen LogP contribution in [0.5, 0.6) is 0 Å². The Balaban J connectivity index is 2.06. The van der Waals surface area contributed by atoms with E-state index in [0.29, 0.717) is 11.3 Å². The van der Waals surface area contributed by atoms with Crippen molar-refractivity contribution < 1.29 is 13.2 Å². The molecule has 0 aliphatic heterocycles. The van der Waals surface area contributed by atoms with Gasteiger partial charge in [-0.05, 0) is 52.0 Å². The summed E-state index contributed by atoms with van der Waals surface area (Å²) >= 11 is 1.60. The van der Waals surface area contributed by atoms with Gasteiger partial charge < -0.3 is 5.32 Å². The molecule has 1 aromatic heterocycles. The van der Waals surface area contributed by atoms with Crippen LogP contribution < -0.4 is 10.0 Å². The summed E-state index contributed by atoms with van der Waals surface area (Å²) in [4.78, 5) is 17.9. The number of aryl methyl sites for hydroxylation is 2. The third-order valence-corrected chi connectivity index (χ3v) is 5.71. The molecule has 0 unspecified atom stereocenters. The second kappa shape index (κ2) is 7.31. The third-order valence-electron chi connectivity index (χ3n) is 3.50. The molecule has 2 aromatic rings. The summed E-state index contributed by atoms with van der Waals surface area (Å²) in [5.41, 5.74) is 1.77. The molecule has 2 N–H and O–H groups in total. The molecule has 1 amide bonds. The van der Waals surface area contributed by atoms with Crippen LogP contribution in [0, 0.1) is 13.8 Å². The Morgan fingerprint density at radius 2 is 1.88 bits per heavy atom. The number of sulfonamides is 1. The summed E-state index contributed by atoms with van der Waals surface area (Å²) in [7, 11) is -3.32. The molecule has 0 aliphatic rings. The van der Waals surface area contributed by atoms with E-state index in [4.69, 9.17) is 0 Å². The van der Waals surface area contributed by atoms with Gasteiger partial charge in [0.2, 0.25) is 10.0 Å². The molecule has 1 atom stereocenters. The molecule has 0 bridgehead atoms. The van der Waals surface area contributed by atoms with E-state index in [1.54, 1.807) is 42.5 Å². The van der Waals surface area contributed by atoms with Crippen LogP contribution in [0.3, 0.4) is 0 Å². The number of benzene rings is 1. The number of anilines is 1. The molecule has 1 heterocycles. The first kappa shape index (κ1) is 18.4. The maximum atomic E-state index is 12.3. The molecule has 0 aliphatic carbocycles. The van der Waals surface area contributed by atoms with Crippen LogP contribution >= 0.6 is 11.3 Å². The molecule has 2 rings (SSSR count). The van der Waals surface area contributed by atoms with Crippen molar-refractivity contribution in [3.05, 3.63) is 45.4 Å². The fraction of sp³-hybridized carbons (Fsp3) is 0.375. The quantitative estimate of drug-likeness (QED) is 0.821. The van der Waals surface area contributed by atoms with Crippen molar-refractivity contribution in [2.75, 3.05) is 10.5 Å². The lowest BCUT2D eigenvalue weighted by molar-refractivity contribution is 0.0939. The monoisotopic (exact) mass is 367 g/mol. The van der Waals surface area contributed by atoms with Gasteiger partial charge in [-0.15, -0.1) is 11.3 Å². The van der Waals surface area contributed by atoms with Gasteiger partial charge in [-0.25, -0.2) is 13.4 Å². The molecule has 0 radical (unpaired) electrons. The molecule has 1 aromatic carbocycles. The molecule has 130 valence electrons. The van der Waals surface area contributed by atoms with Gasteiger partial charge in [-0.2, -0.15) is 0 Å². The molecule has 0 saturated heterocycles. The number of aromatic nitrogens is 1. The second-order valence-corrected chi connectivity index (χ2v) is 8.87. The van der Waals surface area contributed by atoms with Crippen LogP contribution in [0.15, 0.2) is 24.3 Å². The van der Waals surface area contributed by atoms with Crippen LogP contribution in [0.2, 0.25) is 0 Å². The highest BCUT2D eigenvalue weighted by Gasteiger charge is 2.16. The zero-order valence-electron chi connectivity index (χ0n) is 14.1. The number of rotatable bonds is 6. The van der Waals surface area contributed by atoms with Gasteiger partial charge in [0.05, 0.1) is 22.5 Å². The molecule has 8 heteroatoms. The summed E-state index contributed by atoms with van der Waals surface area (Å²) in [5, 5.41) is 3.88. The van der Waals surface area contributed by atoms with Gasteiger partial charge in [0.15, 0.2) is 0 Å². The van der Waals surface area contributed by atoms with Gasteiger partial charge in [0.1, 0.15) is 0 Å². The highest BCUT2D eigenvalue weighted by Crippen LogP contribution is 2.22. The summed E-state index contributed by atoms with van der Waals surface area (Å²) in [5.74, 6) is -0.225. The standard InChI is InChI=1S/C16H21N3O3S2/c1-5-24(21,22)19-14-8-6-13(7-9-14)16(20)17-10(2)15-11(3)23-12(4)18-15/h6-10,19H,5H2,1-4H3,(H,17,20)/t10-/m1/s1. The summed E-state index contributed by atoms with van der Waals surface area (Å²) < 4.78 is 25.5. The van der Waals surface area contributed by atoms with Gasteiger partial charge >= 0.3 is 0 Å². The smallest absolute Gasteiger partial charge is 0.251 e. The minimum absolute atomic E-state index is 0.000832. The Labute approximate surface area is 146 Å². The molecule has 24 heavy (non-hydrogen) atoms. The fourth-order valence-corrected chi connectivity index (χ4v) is 3.79. The Morgan fingerprint density at radius 3 is 2.38 bits per heavy atom. The average Bonchev–Trinajstić information content (AvgIpc) is 2.86. The predicted molar refractivity (Wildman–Crippen MR) is 97.0 cm³/mol. The number of hydrogen-bond donors (Lipinski definition) is 2. The van der Waals surface area contributed by atoms with Crippen molar-refractivity contribution in [1.29, 1.82) is 0 Å². The highest BCUT2D eigenvalue weighted by molar-refractivity contribution is 7.92. The van der Waals surface area contributed by atoms with Gasteiger partial charge in [0, 0.05) is 16.1 Å². The minimum Gasteiger partial charge on any atom is -0.344 e. The van der Waals surface area contributed by atoms with Crippen LogP contribution in [0.25, 0.3) is 0 Å². The highest BCUT2D eigenvalue weighted by atomic mass is 32.2. The summed E-state index contributed by atoms with van der Waals surface area (Å²) in [6.45, 7) is 7.37. The van der Waals surface area contributed by atoms with Crippen molar-refractivity contribution >= 4 is 33.0 Å². The average molecular weight is 367 g/mol. The van der Waals surface area contributed by atoms with E-state index in [1.807, 2.05) is 20.8 Å². The molecule has 0 spiro atoms. The number of nitrogens with zero attached hydrogens (tertiary/aromatic N) is 1. The van der Waals surface area contributed by atoms with Crippen molar-refractivity contribution in [2.24, 2.45) is 0 Å². The Hall–Kier alpha value is -1.93. The maximum absolute atomic E-state index is 12.3. The lowest BCUT2D eigenvalue weighted by atomic mass is 10.1. The van der Waals surface area contributed by atoms with E-state index >= 15 is 0 Å². The number of thiazole rings is 1. The number of hydrogen-bond acceptors (Lipinski definition) is 5. The first-order chi connectivity index (χ1) is 11.2. The first-order valence-electron chi connectivity index (χ1n) is 7.57. The zero-order valence-corrected chi connectivity index (χ0v) is 15.7. The molecule has 0 fully saturated rings. The number of nitrogens with one attached hydrogen (secondary N) is 2. The number of amides is 1. The van der Waals surface area contributed by atoms with E-state index in [2.05, 4.69) is 15.0 Å². The molecule has 6 nitrogen and oxygen atoms in total. The summed E-state index contributed by atoms with van der Waals surface area (Å²) in [6.07, 6.45) is 0. The minimum atomic E-state index is -3.32. The van der Waals surface area contributed by atoms with Gasteiger partial charge in [-0.3, -0.25) is 9.52 Å². The van der Waals surface area contributed by atoms with Crippen LogP contribution in [0.1, 0.15) is 45.8 Å². The van der Waals surface area contributed by atoms with Crippen LogP contribution in [0.4, 0.5) is 5.69 Å². The lowest BCUT2D eigenvalue weighted by Gasteiger charge is -2.13. The van der Waals surface area contributed by atoms with E-state index < -0.39 is 10.0 Å². The number of carbonyl (C=O) groups is 1.